The molecule has 0 heterocycles. The second kappa shape index (κ2) is 17.3. The number of hydrogen-bond acceptors (Lipinski definition) is 8. The number of esters is 2. The minimum atomic E-state index is -0.862. The van der Waals surface area contributed by atoms with Gasteiger partial charge in [-0.05, 0) is 25.7 Å². The highest BCUT2D eigenvalue weighted by atomic mass is 16.5. The van der Waals surface area contributed by atoms with Crippen LogP contribution in [0.25, 0.3) is 0 Å². The van der Waals surface area contributed by atoms with E-state index in [-0.39, 0.29) is 39.1 Å². The number of carbonyl (C=O) groups is 2. The predicted molar refractivity (Wildman–Crippen MR) is 122 cm³/mol. The summed E-state index contributed by atoms with van der Waals surface area (Å²) in [6.45, 7) is 5.15. The van der Waals surface area contributed by atoms with Gasteiger partial charge in [-0.25, -0.2) is 0 Å². The summed E-state index contributed by atoms with van der Waals surface area (Å²) in [7, 11) is 0. The molecule has 8 heteroatoms. The molecule has 0 saturated heterocycles. The fraction of sp³-hybridized carbons (Fsp3) is 0.917. The van der Waals surface area contributed by atoms with E-state index >= 15 is 0 Å². The van der Waals surface area contributed by atoms with E-state index in [0.717, 1.165) is 51.4 Å². The Morgan fingerprint density at radius 2 is 1.25 bits per heavy atom. The SMILES string of the molecule is CCCCCCOC(=O)C1CC(O)C(N(CCO)CCO)CC1C(=O)OCCCCCC. The molecule has 1 rings (SSSR count). The molecule has 0 amide bonds. The van der Waals surface area contributed by atoms with Crippen molar-refractivity contribution in [1.82, 2.24) is 4.90 Å². The maximum atomic E-state index is 12.9. The van der Waals surface area contributed by atoms with E-state index < -0.39 is 35.9 Å². The summed E-state index contributed by atoms with van der Waals surface area (Å²) in [4.78, 5) is 27.5. The van der Waals surface area contributed by atoms with E-state index in [9.17, 15) is 24.9 Å². The van der Waals surface area contributed by atoms with Crippen molar-refractivity contribution in [3.8, 4) is 0 Å². The number of hydrogen-bond donors (Lipinski definition) is 3. The highest BCUT2D eigenvalue weighted by molar-refractivity contribution is 5.82. The minimum absolute atomic E-state index is 0.0986. The fourth-order valence-electron chi connectivity index (χ4n) is 4.39. The lowest BCUT2D eigenvalue weighted by molar-refractivity contribution is -0.168. The highest BCUT2D eigenvalue weighted by Crippen LogP contribution is 2.35. The van der Waals surface area contributed by atoms with Gasteiger partial charge in [0.1, 0.15) is 0 Å². The van der Waals surface area contributed by atoms with Crippen molar-refractivity contribution in [2.45, 2.75) is 90.2 Å². The lowest BCUT2D eigenvalue weighted by Gasteiger charge is -2.42. The van der Waals surface area contributed by atoms with E-state index in [4.69, 9.17) is 9.47 Å². The van der Waals surface area contributed by atoms with Crippen LogP contribution in [0.4, 0.5) is 0 Å². The summed E-state index contributed by atoms with van der Waals surface area (Å²) in [5, 5.41) is 29.5. The molecule has 8 nitrogen and oxygen atoms in total. The molecule has 0 spiro atoms. The third-order valence-electron chi connectivity index (χ3n) is 6.25. The minimum Gasteiger partial charge on any atom is -0.465 e. The van der Waals surface area contributed by atoms with Crippen LogP contribution in [0.5, 0.6) is 0 Å². The van der Waals surface area contributed by atoms with E-state index in [2.05, 4.69) is 13.8 Å². The first-order chi connectivity index (χ1) is 15.5. The van der Waals surface area contributed by atoms with Gasteiger partial charge in [-0.3, -0.25) is 14.5 Å². The zero-order valence-electron chi connectivity index (χ0n) is 20.0. The average Bonchev–Trinajstić information content (AvgIpc) is 2.78. The van der Waals surface area contributed by atoms with Crippen LogP contribution in [0.1, 0.15) is 78.1 Å². The maximum Gasteiger partial charge on any atom is 0.309 e. The topological polar surface area (TPSA) is 117 Å². The number of carbonyl (C=O) groups excluding carboxylic acids is 2. The first-order valence-corrected chi connectivity index (χ1v) is 12.5. The summed E-state index contributed by atoms with van der Waals surface area (Å²) in [5.74, 6) is -2.35. The number of ether oxygens (including phenoxy) is 2. The number of aliphatic hydroxyl groups is 3. The molecule has 1 aliphatic carbocycles. The number of nitrogens with zero attached hydrogens (tertiary/aromatic N) is 1. The Bertz CT molecular complexity index is 511. The Labute approximate surface area is 193 Å². The molecule has 0 aromatic rings. The molecule has 4 atom stereocenters. The van der Waals surface area contributed by atoms with Crippen molar-refractivity contribution in [2.75, 3.05) is 39.5 Å². The Balaban J connectivity index is 2.83. The molecular weight excluding hydrogens is 414 g/mol. The standard InChI is InChI=1S/C24H45NO7/c1-3-5-7-9-15-31-23(29)19-17-21(25(11-13-26)12-14-27)22(28)18-20(19)24(30)32-16-10-8-6-4-2/h19-22,26-28H,3-18H2,1-2H3. The number of aliphatic hydroxyl groups excluding tert-OH is 3. The van der Waals surface area contributed by atoms with Gasteiger partial charge in [0.05, 0.1) is 44.4 Å². The van der Waals surface area contributed by atoms with Gasteiger partial charge in [-0.1, -0.05) is 52.4 Å². The quantitative estimate of drug-likeness (QED) is 0.224. The van der Waals surface area contributed by atoms with E-state index in [1.807, 2.05) is 0 Å². The van der Waals surface area contributed by atoms with Gasteiger partial charge >= 0.3 is 11.9 Å². The average molecular weight is 460 g/mol. The molecule has 188 valence electrons. The van der Waals surface area contributed by atoms with Crippen molar-refractivity contribution < 1.29 is 34.4 Å². The largest absolute Gasteiger partial charge is 0.465 e. The van der Waals surface area contributed by atoms with Crippen LogP contribution < -0.4 is 0 Å². The van der Waals surface area contributed by atoms with E-state index in [1.54, 1.807) is 4.90 Å². The Kier molecular flexibility index (Phi) is 15.6. The van der Waals surface area contributed by atoms with E-state index in [0.29, 0.717) is 13.2 Å². The lowest BCUT2D eigenvalue weighted by atomic mass is 9.74. The maximum absolute atomic E-state index is 12.9. The summed E-state index contributed by atoms with van der Waals surface area (Å²) in [5.41, 5.74) is 0. The molecule has 32 heavy (non-hydrogen) atoms. The predicted octanol–water partition coefficient (Wildman–Crippen LogP) is 2.28. The molecule has 0 radical (unpaired) electrons. The molecule has 0 aliphatic heterocycles. The first-order valence-electron chi connectivity index (χ1n) is 12.5. The summed E-state index contributed by atoms with van der Waals surface area (Å²) in [6.07, 6.45) is 7.35. The first kappa shape index (κ1) is 28.8. The molecule has 0 aromatic heterocycles. The van der Waals surface area contributed by atoms with Crippen LogP contribution in [0.3, 0.4) is 0 Å². The van der Waals surface area contributed by atoms with Gasteiger partial charge in [0.15, 0.2) is 0 Å². The molecular formula is C24H45NO7. The van der Waals surface area contributed by atoms with Crippen molar-refractivity contribution >= 4 is 11.9 Å². The van der Waals surface area contributed by atoms with Crippen molar-refractivity contribution in [3.63, 3.8) is 0 Å². The van der Waals surface area contributed by atoms with Gasteiger partial charge < -0.3 is 24.8 Å². The lowest BCUT2D eigenvalue weighted by Crippen LogP contribution is -2.54. The number of unbranched alkanes of at least 4 members (excludes halogenated alkanes) is 6. The van der Waals surface area contributed by atoms with Crippen LogP contribution in [0.15, 0.2) is 0 Å². The molecule has 3 N–H and O–H groups in total. The number of rotatable bonds is 17. The molecule has 0 aromatic carbocycles. The summed E-state index contributed by atoms with van der Waals surface area (Å²) in [6, 6.07) is -0.444. The van der Waals surface area contributed by atoms with Gasteiger partial charge in [-0.15, -0.1) is 0 Å². The monoisotopic (exact) mass is 459 g/mol. The van der Waals surface area contributed by atoms with Crippen molar-refractivity contribution in [3.05, 3.63) is 0 Å². The zero-order valence-corrected chi connectivity index (χ0v) is 20.0. The second-order valence-corrected chi connectivity index (χ2v) is 8.76. The van der Waals surface area contributed by atoms with Crippen molar-refractivity contribution in [2.24, 2.45) is 11.8 Å². The molecule has 1 saturated carbocycles. The normalized spacial score (nSPS) is 23.3. The van der Waals surface area contributed by atoms with Crippen molar-refractivity contribution in [1.29, 1.82) is 0 Å². The Morgan fingerprint density at radius 3 is 1.69 bits per heavy atom. The Morgan fingerprint density at radius 1 is 0.781 bits per heavy atom. The molecule has 4 unspecified atom stereocenters. The van der Waals surface area contributed by atoms with Gasteiger partial charge in [-0.2, -0.15) is 0 Å². The molecule has 1 aliphatic rings. The van der Waals surface area contributed by atoms with Gasteiger partial charge in [0, 0.05) is 19.1 Å². The third-order valence-corrected chi connectivity index (χ3v) is 6.25. The van der Waals surface area contributed by atoms with Crippen LogP contribution in [0, 0.1) is 11.8 Å². The van der Waals surface area contributed by atoms with Crippen LogP contribution in [-0.2, 0) is 19.1 Å². The smallest absolute Gasteiger partial charge is 0.309 e. The van der Waals surface area contributed by atoms with Gasteiger partial charge in [0.2, 0.25) is 0 Å². The fourth-order valence-corrected chi connectivity index (χ4v) is 4.39. The van der Waals surface area contributed by atoms with Crippen LogP contribution in [0.2, 0.25) is 0 Å². The molecule has 1 fully saturated rings. The van der Waals surface area contributed by atoms with Crippen LogP contribution >= 0.6 is 0 Å². The second-order valence-electron chi connectivity index (χ2n) is 8.76. The van der Waals surface area contributed by atoms with Gasteiger partial charge in [0.25, 0.3) is 0 Å². The molecule has 0 bridgehead atoms. The third kappa shape index (κ3) is 10.1. The highest BCUT2D eigenvalue weighted by Gasteiger charge is 2.46. The Hall–Kier alpha value is -1.22. The summed E-state index contributed by atoms with van der Waals surface area (Å²) >= 11 is 0. The van der Waals surface area contributed by atoms with E-state index in [1.165, 1.54) is 0 Å². The van der Waals surface area contributed by atoms with Crippen LogP contribution in [-0.4, -0.2) is 83.8 Å². The summed E-state index contributed by atoms with van der Waals surface area (Å²) < 4.78 is 11.0. The zero-order chi connectivity index (χ0) is 23.8.